The molecule has 0 aromatic heterocycles. The normalized spacial score (nSPS) is 10.4. The maximum atomic E-state index is 13.0. The minimum Gasteiger partial charge on any atom is -0.507 e. The van der Waals surface area contributed by atoms with Gasteiger partial charge in [-0.1, -0.05) is 22.0 Å². The van der Waals surface area contributed by atoms with Crippen LogP contribution in [0.3, 0.4) is 0 Å². The van der Waals surface area contributed by atoms with Gasteiger partial charge in [0.05, 0.1) is 5.56 Å². The van der Waals surface area contributed by atoms with Gasteiger partial charge in [0.2, 0.25) is 0 Å². The second-order valence-electron chi connectivity index (χ2n) is 4.74. The molecule has 2 aromatic rings. The molecule has 0 aliphatic heterocycles. The Kier molecular flexibility index (Phi) is 4.96. The number of halogens is 2. The van der Waals surface area contributed by atoms with Crippen LogP contribution in [0.4, 0.5) is 4.39 Å². The van der Waals surface area contributed by atoms with Crippen molar-refractivity contribution in [2.24, 2.45) is 0 Å². The third kappa shape index (κ3) is 4.04. The zero-order valence-electron chi connectivity index (χ0n) is 11.5. The summed E-state index contributed by atoms with van der Waals surface area (Å²) in [7, 11) is 0. The van der Waals surface area contributed by atoms with Gasteiger partial charge in [0.15, 0.2) is 0 Å². The van der Waals surface area contributed by atoms with Gasteiger partial charge in [0, 0.05) is 11.0 Å². The van der Waals surface area contributed by atoms with Gasteiger partial charge in [0.1, 0.15) is 11.6 Å². The van der Waals surface area contributed by atoms with E-state index in [0.717, 1.165) is 15.6 Å². The molecule has 5 heteroatoms. The Labute approximate surface area is 130 Å². The van der Waals surface area contributed by atoms with Gasteiger partial charge in [-0.15, -0.1) is 0 Å². The van der Waals surface area contributed by atoms with Crippen LogP contribution >= 0.6 is 15.9 Å². The zero-order chi connectivity index (χ0) is 15.4. The standard InChI is InChI=1S/C16H15BrFNO2/c1-10-8-13(18)4-2-11(10)6-7-19-16(21)14-9-12(17)3-5-15(14)20/h2-5,8-9,20H,6-7H2,1H3,(H,19,21). The first kappa shape index (κ1) is 15.5. The fourth-order valence-corrected chi connectivity index (χ4v) is 2.40. The number of aryl methyl sites for hydroxylation is 1. The van der Waals surface area contributed by atoms with Crippen LogP contribution in [-0.2, 0) is 6.42 Å². The Morgan fingerprint density at radius 2 is 2.05 bits per heavy atom. The van der Waals surface area contributed by atoms with E-state index in [2.05, 4.69) is 21.2 Å². The van der Waals surface area contributed by atoms with Crippen molar-refractivity contribution in [2.45, 2.75) is 13.3 Å². The van der Waals surface area contributed by atoms with Gasteiger partial charge in [-0.3, -0.25) is 4.79 Å². The highest BCUT2D eigenvalue weighted by Crippen LogP contribution is 2.21. The number of benzene rings is 2. The molecule has 0 bridgehead atoms. The summed E-state index contributed by atoms with van der Waals surface area (Å²) in [6.45, 7) is 2.25. The molecule has 2 rings (SSSR count). The van der Waals surface area contributed by atoms with E-state index in [9.17, 15) is 14.3 Å². The Hall–Kier alpha value is -1.88. The molecule has 0 unspecified atom stereocenters. The van der Waals surface area contributed by atoms with Crippen molar-refractivity contribution < 1.29 is 14.3 Å². The number of carbonyl (C=O) groups excluding carboxylic acids is 1. The molecule has 0 saturated heterocycles. The third-order valence-corrected chi connectivity index (χ3v) is 3.68. The number of phenolic OH excluding ortho intramolecular Hbond substituents is 1. The van der Waals surface area contributed by atoms with Crippen molar-refractivity contribution in [3.63, 3.8) is 0 Å². The van der Waals surface area contributed by atoms with E-state index >= 15 is 0 Å². The van der Waals surface area contributed by atoms with Crippen LogP contribution in [0.5, 0.6) is 5.75 Å². The molecule has 0 spiro atoms. The second kappa shape index (κ2) is 6.72. The number of phenols is 1. The molecule has 2 N–H and O–H groups in total. The lowest BCUT2D eigenvalue weighted by Crippen LogP contribution is -2.26. The molecule has 2 aromatic carbocycles. The highest BCUT2D eigenvalue weighted by molar-refractivity contribution is 9.10. The van der Waals surface area contributed by atoms with Gasteiger partial charge >= 0.3 is 0 Å². The maximum Gasteiger partial charge on any atom is 0.255 e. The zero-order valence-corrected chi connectivity index (χ0v) is 13.1. The van der Waals surface area contributed by atoms with Gasteiger partial charge < -0.3 is 10.4 Å². The van der Waals surface area contributed by atoms with Crippen LogP contribution < -0.4 is 5.32 Å². The summed E-state index contributed by atoms with van der Waals surface area (Å²) >= 11 is 3.26. The topological polar surface area (TPSA) is 49.3 Å². The van der Waals surface area contributed by atoms with Gasteiger partial charge in [0.25, 0.3) is 5.91 Å². The smallest absolute Gasteiger partial charge is 0.255 e. The van der Waals surface area contributed by atoms with E-state index in [4.69, 9.17) is 0 Å². The molecule has 1 amide bonds. The second-order valence-corrected chi connectivity index (χ2v) is 5.65. The van der Waals surface area contributed by atoms with E-state index < -0.39 is 0 Å². The first-order valence-electron chi connectivity index (χ1n) is 6.49. The first-order chi connectivity index (χ1) is 9.97. The number of carbonyl (C=O) groups is 1. The molecule has 0 heterocycles. The van der Waals surface area contributed by atoms with E-state index in [1.807, 2.05) is 6.92 Å². The first-order valence-corrected chi connectivity index (χ1v) is 7.28. The van der Waals surface area contributed by atoms with Crippen LogP contribution in [0.15, 0.2) is 40.9 Å². The SMILES string of the molecule is Cc1cc(F)ccc1CCNC(=O)c1cc(Br)ccc1O. The lowest BCUT2D eigenvalue weighted by Gasteiger charge is -2.09. The van der Waals surface area contributed by atoms with Crippen LogP contribution in [0.2, 0.25) is 0 Å². The molecule has 0 fully saturated rings. The lowest BCUT2D eigenvalue weighted by atomic mass is 10.1. The van der Waals surface area contributed by atoms with E-state index in [-0.39, 0.29) is 23.0 Å². The van der Waals surface area contributed by atoms with Crippen LogP contribution in [0, 0.1) is 12.7 Å². The van der Waals surface area contributed by atoms with Crippen LogP contribution in [0.25, 0.3) is 0 Å². The maximum absolute atomic E-state index is 13.0. The number of rotatable bonds is 4. The van der Waals surface area contributed by atoms with Gasteiger partial charge in [-0.05, 0) is 54.8 Å². The highest BCUT2D eigenvalue weighted by atomic mass is 79.9. The average Bonchev–Trinajstić information content (AvgIpc) is 2.43. The van der Waals surface area contributed by atoms with E-state index in [1.54, 1.807) is 18.2 Å². The summed E-state index contributed by atoms with van der Waals surface area (Å²) in [5, 5.41) is 12.4. The molecule has 110 valence electrons. The molecule has 0 aliphatic carbocycles. The fraction of sp³-hybridized carbons (Fsp3) is 0.188. The highest BCUT2D eigenvalue weighted by Gasteiger charge is 2.11. The largest absolute Gasteiger partial charge is 0.507 e. The number of amides is 1. The molecule has 21 heavy (non-hydrogen) atoms. The Morgan fingerprint density at radius 3 is 2.76 bits per heavy atom. The Bertz CT molecular complexity index is 673. The summed E-state index contributed by atoms with van der Waals surface area (Å²) in [5.41, 5.74) is 2.06. The third-order valence-electron chi connectivity index (χ3n) is 3.19. The molecular weight excluding hydrogens is 337 g/mol. The summed E-state index contributed by atoms with van der Waals surface area (Å²) in [6.07, 6.45) is 0.604. The van der Waals surface area contributed by atoms with Gasteiger partial charge in [-0.2, -0.15) is 0 Å². The molecule has 0 atom stereocenters. The van der Waals surface area contributed by atoms with E-state index in [1.165, 1.54) is 18.2 Å². The summed E-state index contributed by atoms with van der Waals surface area (Å²) in [5.74, 6) is -0.665. The van der Waals surface area contributed by atoms with Crippen LogP contribution in [-0.4, -0.2) is 17.6 Å². The molecule has 0 radical (unpaired) electrons. The molecule has 0 saturated carbocycles. The predicted molar refractivity (Wildman–Crippen MR) is 83.0 cm³/mol. The van der Waals surface area contributed by atoms with Gasteiger partial charge in [-0.25, -0.2) is 4.39 Å². The molecule has 0 aliphatic rings. The predicted octanol–water partition coefficient (Wildman–Crippen LogP) is 3.57. The van der Waals surface area contributed by atoms with Crippen molar-refractivity contribution >= 4 is 21.8 Å². The van der Waals surface area contributed by atoms with Crippen molar-refractivity contribution in [2.75, 3.05) is 6.54 Å². The lowest BCUT2D eigenvalue weighted by molar-refractivity contribution is 0.0951. The number of nitrogens with one attached hydrogen (secondary N) is 1. The van der Waals surface area contributed by atoms with Crippen LogP contribution in [0.1, 0.15) is 21.5 Å². The number of hydrogen-bond donors (Lipinski definition) is 2. The van der Waals surface area contributed by atoms with Crippen molar-refractivity contribution in [1.29, 1.82) is 0 Å². The fourth-order valence-electron chi connectivity index (χ4n) is 2.04. The number of aromatic hydroxyl groups is 1. The monoisotopic (exact) mass is 351 g/mol. The summed E-state index contributed by atoms with van der Waals surface area (Å²) in [6, 6.07) is 9.28. The van der Waals surface area contributed by atoms with Crippen molar-refractivity contribution in [3.8, 4) is 5.75 Å². The minimum atomic E-state index is -0.339. The Balaban J connectivity index is 1.97. The van der Waals surface area contributed by atoms with Crippen molar-refractivity contribution in [3.05, 3.63) is 63.4 Å². The van der Waals surface area contributed by atoms with E-state index in [0.29, 0.717) is 13.0 Å². The average molecular weight is 352 g/mol. The summed E-state index contributed by atoms with van der Waals surface area (Å²) < 4.78 is 13.7. The quantitative estimate of drug-likeness (QED) is 0.884. The summed E-state index contributed by atoms with van der Waals surface area (Å²) in [4.78, 5) is 12.0. The van der Waals surface area contributed by atoms with Crippen molar-refractivity contribution in [1.82, 2.24) is 5.32 Å². The molecular formula is C16H15BrFNO2. The Morgan fingerprint density at radius 1 is 1.29 bits per heavy atom. The minimum absolute atomic E-state index is 0.0614. The number of hydrogen-bond acceptors (Lipinski definition) is 2. The molecule has 3 nitrogen and oxygen atoms in total.